The van der Waals surface area contributed by atoms with Gasteiger partial charge in [-0.05, 0) is 31.4 Å². The molecule has 0 saturated heterocycles. The fourth-order valence-electron chi connectivity index (χ4n) is 2.69. The molecule has 1 aromatic rings. The lowest BCUT2D eigenvalue weighted by Crippen LogP contribution is -2.26. The largest absolute Gasteiger partial charge is 0.481 e. The fourth-order valence-corrected chi connectivity index (χ4v) is 2.69. The molecule has 3 heteroatoms. The standard InChI is InChI=1S/C13H17NO2/c1-10-4-5-11(9-14-10)13(8-12(15)16)6-2-3-7-13/h4-5,9H,2-3,6-8H2,1H3,(H,15,16). The van der Waals surface area contributed by atoms with Crippen molar-refractivity contribution >= 4 is 5.97 Å². The molecule has 0 bridgehead atoms. The van der Waals surface area contributed by atoms with Crippen molar-refractivity contribution in [2.24, 2.45) is 0 Å². The smallest absolute Gasteiger partial charge is 0.304 e. The summed E-state index contributed by atoms with van der Waals surface area (Å²) >= 11 is 0. The van der Waals surface area contributed by atoms with Crippen LogP contribution in [0.4, 0.5) is 0 Å². The molecular formula is C13H17NO2. The van der Waals surface area contributed by atoms with Gasteiger partial charge in [0.05, 0.1) is 6.42 Å². The van der Waals surface area contributed by atoms with E-state index in [1.54, 1.807) is 0 Å². The zero-order valence-electron chi connectivity index (χ0n) is 9.57. The highest BCUT2D eigenvalue weighted by Gasteiger charge is 2.37. The van der Waals surface area contributed by atoms with Crippen LogP contribution in [0.5, 0.6) is 0 Å². The predicted molar refractivity (Wildman–Crippen MR) is 61.4 cm³/mol. The first-order valence-electron chi connectivity index (χ1n) is 5.77. The molecule has 0 unspecified atom stereocenters. The van der Waals surface area contributed by atoms with E-state index in [9.17, 15) is 4.79 Å². The van der Waals surface area contributed by atoms with Gasteiger partial charge in [-0.15, -0.1) is 0 Å². The van der Waals surface area contributed by atoms with Crippen LogP contribution in [0.3, 0.4) is 0 Å². The summed E-state index contributed by atoms with van der Waals surface area (Å²) in [4.78, 5) is 15.3. The molecule has 0 spiro atoms. The monoisotopic (exact) mass is 219 g/mol. The minimum atomic E-state index is -0.706. The van der Waals surface area contributed by atoms with Crippen molar-refractivity contribution < 1.29 is 9.90 Å². The molecule has 1 aromatic heterocycles. The van der Waals surface area contributed by atoms with Crippen LogP contribution in [-0.2, 0) is 10.2 Å². The van der Waals surface area contributed by atoms with E-state index in [4.69, 9.17) is 5.11 Å². The second-order valence-corrected chi connectivity index (χ2v) is 4.75. The Kier molecular flexibility index (Phi) is 2.95. The van der Waals surface area contributed by atoms with Crippen molar-refractivity contribution in [1.29, 1.82) is 0 Å². The highest BCUT2D eigenvalue weighted by Crippen LogP contribution is 2.43. The first-order chi connectivity index (χ1) is 7.62. The van der Waals surface area contributed by atoms with Crippen LogP contribution in [0.1, 0.15) is 43.4 Å². The van der Waals surface area contributed by atoms with Crippen LogP contribution in [0.25, 0.3) is 0 Å². The summed E-state index contributed by atoms with van der Waals surface area (Å²) in [7, 11) is 0. The van der Waals surface area contributed by atoms with Gasteiger partial charge in [-0.3, -0.25) is 9.78 Å². The Hall–Kier alpha value is -1.38. The molecule has 0 atom stereocenters. The molecule has 1 N–H and O–H groups in total. The van der Waals surface area contributed by atoms with E-state index in [2.05, 4.69) is 4.98 Å². The van der Waals surface area contributed by atoms with Crippen molar-refractivity contribution in [3.8, 4) is 0 Å². The number of nitrogens with zero attached hydrogens (tertiary/aromatic N) is 1. The van der Waals surface area contributed by atoms with E-state index >= 15 is 0 Å². The van der Waals surface area contributed by atoms with Crippen LogP contribution in [-0.4, -0.2) is 16.1 Å². The van der Waals surface area contributed by atoms with Gasteiger partial charge < -0.3 is 5.11 Å². The molecule has 2 rings (SSSR count). The molecule has 86 valence electrons. The number of pyridine rings is 1. The number of aliphatic carboxylic acids is 1. The van der Waals surface area contributed by atoms with Gasteiger partial charge in [0.2, 0.25) is 0 Å². The minimum absolute atomic E-state index is 0.160. The molecule has 1 fully saturated rings. The van der Waals surface area contributed by atoms with Crippen molar-refractivity contribution in [3.63, 3.8) is 0 Å². The molecule has 3 nitrogen and oxygen atoms in total. The van der Waals surface area contributed by atoms with Crippen molar-refractivity contribution in [2.45, 2.75) is 44.4 Å². The van der Waals surface area contributed by atoms with Crippen LogP contribution in [0.15, 0.2) is 18.3 Å². The summed E-state index contributed by atoms with van der Waals surface area (Å²) in [6, 6.07) is 4.01. The third-order valence-corrected chi connectivity index (χ3v) is 3.57. The number of aromatic nitrogens is 1. The molecule has 0 amide bonds. The predicted octanol–water partition coefficient (Wildman–Crippen LogP) is 2.68. The zero-order valence-corrected chi connectivity index (χ0v) is 9.57. The summed E-state index contributed by atoms with van der Waals surface area (Å²) in [6.07, 6.45) is 6.29. The molecule has 1 heterocycles. The Balaban J connectivity index is 2.31. The highest BCUT2D eigenvalue weighted by molar-refractivity contribution is 5.69. The average Bonchev–Trinajstić information content (AvgIpc) is 2.67. The second-order valence-electron chi connectivity index (χ2n) is 4.75. The molecule has 16 heavy (non-hydrogen) atoms. The SMILES string of the molecule is Cc1ccc(C2(CC(=O)O)CCCC2)cn1. The second kappa shape index (κ2) is 4.24. The quantitative estimate of drug-likeness (QED) is 0.850. The molecular weight excluding hydrogens is 202 g/mol. The number of hydrogen-bond donors (Lipinski definition) is 1. The van der Waals surface area contributed by atoms with Gasteiger partial charge in [-0.25, -0.2) is 0 Å². The summed E-state index contributed by atoms with van der Waals surface area (Å²) in [6.45, 7) is 1.95. The van der Waals surface area contributed by atoms with E-state index in [-0.39, 0.29) is 11.8 Å². The Morgan fingerprint density at radius 2 is 2.12 bits per heavy atom. The lowest BCUT2D eigenvalue weighted by atomic mass is 9.77. The molecule has 0 radical (unpaired) electrons. The van der Waals surface area contributed by atoms with Gasteiger partial charge in [-0.2, -0.15) is 0 Å². The van der Waals surface area contributed by atoms with Crippen molar-refractivity contribution in [1.82, 2.24) is 4.98 Å². The number of hydrogen-bond acceptors (Lipinski definition) is 2. The van der Waals surface area contributed by atoms with Crippen molar-refractivity contribution in [3.05, 3.63) is 29.6 Å². The van der Waals surface area contributed by atoms with E-state index < -0.39 is 5.97 Å². The topological polar surface area (TPSA) is 50.2 Å². The van der Waals surface area contributed by atoms with E-state index in [1.807, 2.05) is 25.3 Å². The third-order valence-electron chi connectivity index (χ3n) is 3.57. The maximum absolute atomic E-state index is 11.0. The van der Waals surface area contributed by atoms with Gasteiger partial charge >= 0.3 is 5.97 Å². The van der Waals surface area contributed by atoms with Gasteiger partial charge in [0.1, 0.15) is 0 Å². The Morgan fingerprint density at radius 1 is 1.44 bits per heavy atom. The lowest BCUT2D eigenvalue weighted by Gasteiger charge is -2.27. The van der Waals surface area contributed by atoms with Gasteiger partial charge in [0.15, 0.2) is 0 Å². The van der Waals surface area contributed by atoms with Crippen LogP contribution < -0.4 is 0 Å². The molecule has 1 saturated carbocycles. The van der Waals surface area contributed by atoms with E-state index in [1.165, 1.54) is 0 Å². The lowest BCUT2D eigenvalue weighted by molar-refractivity contribution is -0.138. The Morgan fingerprint density at radius 3 is 2.62 bits per heavy atom. The van der Waals surface area contributed by atoms with Crippen molar-refractivity contribution in [2.75, 3.05) is 0 Å². The summed E-state index contributed by atoms with van der Waals surface area (Å²) in [5.41, 5.74) is 1.91. The van der Waals surface area contributed by atoms with Gasteiger partial charge in [0, 0.05) is 17.3 Å². The van der Waals surface area contributed by atoms with Crippen LogP contribution in [0, 0.1) is 6.92 Å². The summed E-state index contributed by atoms with van der Waals surface area (Å²) in [5, 5.41) is 9.03. The Labute approximate surface area is 95.5 Å². The zero-order chi connectivity index (χ0) is 11.6. The number of carboxylic acid groups (broad SMARTS) is 1. The summed E-state index contributed by atoms with van der Waals surface area (Å²) < 4.78 is 0. The normalized spacial score (nSPS) is 18.6. The number of carbonyl (C=O) groups is 1. The molecule has 0 aliphatic heterocycles. The average molecular weight is 219 g/mol. The minimum Gasteiger partial charge on any atom is -0.481 e. The van der Waals surface area contributed by atoms with Gasteiger partial charge in [0.25, 0.3) is 0 Å². The summed E-state index contributed by atoms with van der Waals surface area (Å²) in [5.74, 6) is -0.706. The maximum atomic E-state index is 11.0. The molecule has 1 aliphatic rings. The Bertz CT molecular complexity index is 377. The fraction of sp³-hybridized carbons (Fsp3) is 0.538. The first-order valence-corrected chi connectivity index (χ1v) is 5.77. The van der Waals surface area contributed by atoms with Crippen LogP contribution >= 0.6 is 0 Å². The number of aryl methyl sites for hydroxylation is 1. The van der Waals surface area contributed by atoms with E-state index in [0.717, 1.165) is 36.9 Å². The third kappa shape index (κ3) is 2.08. The number of rotatable bonds is 3. The van der Waals surface area contributed by atoms with Crippen LogP contribution in [0.2, 0.25) is 0 Å². The maximum Gasteiger partial charge on any atom is 0.304 e. The van der Waals surface area contributed by atoms with E-state index in [0.29, 0.717) is 0 Å². The first kappa shape index (κ1) is 11.1. The molecule has 0 aromatic carbocycles. The number of carboxylic acids is 1. The molecule has 1 aliphatic carbocycles. The van der Waals surface area contributed by atoms with Gasteiger partial charge in [-0.1, -0.05) is 18.9 Å². The highest BCUT2D eigenvalue weighted by atomic mass is 16.4.